The van der Waals surface area contributed by atoms with Gasteiger partial charge in [-0.1, -0.05) is 20.8 Å². The minimum absolute atomic E-state index is 0.130. The van der Waals surface area contributed by atoms with Crippen LogP contribution in [0.4, 0.5) is 5.82 Å². The Morgan fingerprint density at radius 1 is 1.21 bits per heavy atom. The number of hydrogen-bond donors (Lipinski definition) is 2. The minimum atomic E-state index is -3.52. The molecule has 0 aliphatic rings. The van der Waals surface area contributed by atoms with Gasteiger partial charge < -0.3 is 5.32 Å². The Morgan fingerprint density at radius 2 is 1.88 bits per heavy atom. The lowest BCUT2D eigenvalue weighted by molar-refractivity contribution is 0.102. The quantitative estimate of drug-likeness (QED) is 0.799. The topological polar surface area (TPSA) is 93.1 Å². The minimum Gasteiger partial charge on any atom is -0.307 e. The summed E-state index contributed by atoms with van der Waals surface area (Å²) in [5.74, 6) is 0.696. The number of aromatic nitrogens is 2. The Labute approximate surface area is 142 Å². The molecule has 1 amide bonds. The summed E-state index contributed by atoms with van der Waals surface area (Å²) in [6.07, 6.45) is 1.63. The van der Waals surface area contributed by atoms with Gasteiger partial charge in [0.15, 0.2) is 0 Å². The molecular weight excluding hydrogens is 328 g/mol. The van der Waals surface area contributed by atoms with Gasteiger partial charge in [-0.3, -0.25) is 4.79 Å². The highest BCUT2D eigenvalue weighted by Crippen LogP contribution is 2.14. The summed E-state index contributed by atoms with van der Waals surface area (Å²) >= 11 is 0. The summed E-state index contributed by atoms with van der Waals surface area (Å²) in [6, 6.07) is 7.53. The molecule has 7 nitrogen and oxygen atoms in total. The monoisotopic (exact) mass is 350 g/mol. The van der Waals surface area contributed by atoms with Crippen molar-refractivity contribution in [1.29, 1.82) is 0 Å². The first kappa shape index (κ1) is 18.2. The number of benzene rings is 1. The zero-order chi connectivity index (χ0) is 17.7. The van der Waals surface area contributed by atoms with Crippen molar-refractivity contribution in [3.05, 3.63) is 42.1 Å². The van der Waals surface area contributed by atoms with E-state index in [-0.39, 0.29) is 10.8 Å². The molecule has 1 aromatic carbocycles. The Bertz CT molecular complexity index is 795. The Hall–Kier alpha value is -2.19. The van der Waals surface area contributed by atoms with Gasteiger partial charge in [-0.25, -0.2) is 17.8 Å². The van der Waals surface area contributed by atoms with Crippen molar-refractivity contribution >= 4 is 21.7 Å². The second-order valence-electron chi connectivity index (χ2n) is 5.77. The van der Waals surface area contributed by atoms with E-state index < -0.39 is 10.0 Å². The number of hydrogen-bond acceptors (Lipinski definition) is 4. The van der Waals surface area contributed by atoms with Gasteiger partial charge in [0.2, 0.25) is 10.0 Å². The van der Waals surface area contributed by atoms with Gasteiger partial charge in [0.1, 0.15) is 5.82 Å². The SMILES string of the molecule is CCNS(=O)(=O)c1ccc(C(=O)Nc2ccnn2CC(C)C)cc1. The third-order valence-electron chi connectivity index (χ3n) is 3.26. The lowest BCUT2D eigenvalue weighted by Crippen LogP contribution is -2.23. The molecule has 0 atom stereocenters. The number of carbonyl (C=O) groups is 1. The van der Waals surface area contributed by atoms with Crippen LogP contribution in [0.2, 0.25) is 0 Å². The zero-order valence-electron chi connectivity index (χ0n) is 14.0. The molecule has 2 rings (SSSR count). The highest BCUT2D eigenvalue weighted by molar-refractivity contribution is 7.89. The van der Waals surface area contributed by atoms with E-state index in [0.29, 0.717) is 30.4 Å². The molecule has 1 heterocycles. The molecule has 0 bridgehead atoms. The standard InChI is InChI=1S/C16H22N4O3S/c1-4-18-24(22,23)14-7-5-13(6-8-14)16(21)19-15-9-10-17-20(15)11-12(2)3/h5-10,12,18H,4,11H2,1-3H3,(H,19,21). The maximum atomic E-state index is 12.3. The second-order valence-corrected chi connectivity index (χ2v) is 7.54. The molecule has 8 heteroatoms. The Kier molecular flexibility index (Phi) is 5.74. The molecule has 0 radical (unpaired) electrons. The van der Waals surface area contributed by atoms with Gasteiger partial charge in [0.05, 0.1) is 11.1 Å². The van der Waals surface area contributed by atoms with Crippen molar-refractivity contribution in [2.24, 2.45) is 5.92 Å². The largest absolute Gasteiger partial charge is 0.307 e. The average molecular weight is 350 g/mol. The molecule has 0 aliphatic heterocycles. The van der Waals surface area contributed by atoms with Crippen LogP contribution in [0.1, 0.15) is 31.1 Å². The number of nitrogens with zero attached hydrogens (tertiary/aromatic N) is 2. The summed E-state index contributed by atoms with van der Waals surface area (Å²) in [5.41, 5.74) is 0.378. The van der Waals surface area contributed by atoms with E-state index in [2.05, 4.69) is 29.0 Å². The molecule has 24 heavy (non-hydrogen) atoms. The van der Waals surface area contributed by atoms with Crippen LogP contribution in [0.25, 0.3) is 0 Å². The third-order valence-corrected chi connectivity index (χ3v) is 4.82. The van der Waals surface area contributed by atoms with Crippen molar-refractivity contribution in [3.8, 4) is 0 Å². The van der Waals surface area contributed by atoms with E-state index >= 15 is 0 Å². The number of amides is 1. The van der Waals surface area contributed by atoms with Gasteiger partial charge in [-0.2, -0.15) is 5.10 Å². The molecule has 0 saturated heterocycles. The van der Waals surface area contributed by atoms with Gasteiger partial charge in [0.25, 0.3) is 5.91 Å². The first-order chi connectivity index (χ1) is 11.3. The molecule has 0 unspecified atom stereocenters. The lowest BCUT2D eigenvalue weighted by Gasteiger charge is -2.11. The number of nitrogens with one attached hydrogen (secondary N) is 2. The Morgan fingerprint density at radius 3 is 2.46 bits per heavy atom. The van der Waals surface area contributed by atoms with E-state index in [1.54, 1.807) is 23.9 Å². The van der Waals surface area contributed by atoms with Crippen molar-refractivity contribution in [3.63, 3.8) is 0 Å². The van der Waals surface area contributed by atoms with Gasteiger partial charge in [-0.15, -0.1) is 0 Å². The fourth-order valence-corrected chi connectivity index (χ4v) is 3.22. The first-order valence-electron chi connectivity index (χ1n) is 7.76. The van der Waals surface area contributed by atoms with Crippen molar-refractivity contribution < 1.29 is 13.2 Å². The Balaban J connectivity index is 2.13. The smallest absolute Gasteiger partial charge is 0.256 e. The summed E-state index contributed by atoms with van der Waals surface area (Å²) in [5, 5.41) is 6.98. The van der Waals surface area contributed by atoms with Crippen LogP contribution in [0.15, 0.2) is 41.4 Å². The van der Waals surface area contributed by atoms with Gasteiger partial charge >= 0.3 is 0 Å². The van der Waals surface area contributed by atoms with E-state index in [4.69, 9.17) is 0 Å². The predicted octanol–water partition coefficient (Wildman–Crippen LogP) is 2.09. The highest BCUT2D eigenvalue weighted by Gasteiger charge is 2.14. The fraction of sp³-hybridized carbons (Fsp3) is 0.375. The third kappa shape index (κ3) is 4.42. The van der Waals surface area contributed by atoms with E-state index in [1.807, 2.05) is 0 Å². The first-order valence-corrected chi connectivity index (χ1v) is 9.24. The number of sulfonamides is 1. The van der Waals surface area contributed by atoms with Crippen molar-refractivity contribution in [2.45, 2.75) is 32.2 Å². The van der Waals surface area contributed by atoms with Crippen LogP contribution in [-0.4, -0.2) is 30.7 Å². The molecular formula is C16H22N4O3S. The van der Waals surface area contributed by atoms with Crippen LogP contribution in [0.3, 0.4) is 0 Å². The summed E-state index contributed by atoms with van der Waals surface area (Å²) in [7, 11) is -3.52. The molecule has 0 saturated carbocycles. The van der Waals surface area contributed by atoms with Crippen molar-refractivity contribution in [2.75, 3.05) is 11.9 Å². The zero-order valence-corrected chi connectivity index (χ0v) is 14.8. The second kappa shape index (κ2) is 7.59. The van der Waals surface area contributed by atoms with Crippen LogP contribution >= 0.6 is 0 Å². The molecule has 0 aliphatic carbocycles. The van der Waals surface area contributed by atoms with Crippen LogP contribution < -0.4 is 10.0 Å². The maximum Gasteiger partial charge on any atom is 0.256 e. The van der Waals surface area contributed by atoms with Crippen LogP contribution in [-0.2, 0) is 16.6 Å². The number of carbonyl (C=O) groups excluding carboxylic acids is 1. The normalized spacial score (nSPS) is 11.7. The summed E-state index contributed by atoms with van der Waals surface area (Å²) in [4.78, 5) is 12.4. The van der Waals surface area contributed by atoms with E-state index in [1.165, 1.54) is 24.3 Å². The van der Waals surface area contributed by atoms with Gasteiger partial charge in [0, 0.05) is 24.7 Å². The van der Waals surface area contributed by atoms with Crippen molar-refractivity contribution in [1.82, 2.24) is 14.5 Å². The molecule has 2 N–H and O–H groups in total. The van der Waals surface area contributed by atoms with Gasteiger partial charge in [-0.05, 0) is 30.2 Å². The number of rotatable bonds is 7. The van der Waals surface area contributed by atoms with Crippen LogP contribution in [0.5, 0.6) is 0 Å². The molecule has 2 aromatic rings. The predicted molar refractivity (Wildman–Crippen MR) is 92.3 cm³/mol. The van der Waals surface area contributed by atoms with E-state index in [9.17, 15) is 13.2 Å². The maximum absolute atomic E-state index is 12.3. The van der Waals surface area contributed by atoms with E-state index in [0.717, 1.165) is 0 Å². The molecule has 1 aromatic heterocycles. The van der Waals surface area contributed by atoms with Crippen LogP contribution in [0, 0.1) is 5.92 Å². The fourth-order valence-electron chi connectivity index (χ4n) is 2.18. The summed E-state index contributed by atoms with van der Waals surface area (Å²) in [6.45, 7) is 6.85. The average Bonchev–Trinajstić information content (AvgIpc) is 2.93. The molecule has 130 valence electrons. The molecule has 0 spiro atoms. The highest BCUT2D eigenvalue weighted by atomic mass is 32.2. The molecule has 0 fully saturated rings. The number of anilines is 1. The summed E-state index contributed by atoms with van der Waals surface area (Å²) < 4.78 is 27.9. The lowest BCUT2D eigenvalue weighted by atomic mass is 10.2.